The maximum absolute atomic E-state index is 5.99. The van der Waals surface area contributed by atoms with Crippen LogP contribution < -0.4 is 5.32 Å². The number of hydrogen-bond acceptors (Lipinski definition) is 6. The zero-order chi connectivity index (χ0) is 18.3. The third-order valence-corrected chi connectivity index (χ3v) is 4.62. The second-order valence-electron chi connectivity index (χ2n) is 6.54. The molecule has 0 saturated carbocycles. The van der Waals surface area contributed by atoms with Crippen molar-refractivity contribution in [3.05, 3.63) is 78.2 Å². The molecular weight excluding hydrogens is 338 g/mol. The largest absolute Gasteiger partial charge is 0.369 e. The van der Waals surface area contributed by atoms with Gasteiger partial charge in [0.05, 0.1) is 12.3 Å². The normalized spacial score (nSPS) is 17.6. The SMILES string of the molecule is c1ccc(CCN2CCO[C@H](c3cccc(Nc4ncccn4)n3)C2)cc1. The first kappa shape index (κ1) is 17.6. The van der Waals surface area contributed by atoms with E-state index in [4.69, 9.17) is 9.72 Å². The summed E-state index contributed by atoms with van der Waals surface area (Å²) >= 11 is 0. The molecule has 1 aromatic carbocycles. The maximum atomic E-state index is 5.99. The van der Waals surface area contributed by atoms with E-state index in [0.29, 0.717) is 5.95 Å². The van der Waals surface area contributed by atoms with Crippen molar-refractivity contribution in [3.63, 3.8) is 0 Å². The lowest BCUT2D eigenvalue weighted by atomic mass is 10.1. The number of nitrogens with one attached hydrogen (secondary N) is 1. The third kappa shape index (κ3) is 4.87. The van der Waals surface area contributed by atoms with Gasteiger partial charge in [-0.25, -0.2) is 15.0 Å². The number of benzene rings is 1. The minimum atomic E-state index is -0.0204. The van der Waals surface area contributed by atoms with Crippen molar-refractivity contribution >= 4 is 11.8 Å². The maximum Gasteiger partial charge on any atom is 0.228 e. The van der Waals surface area contributed by atoms with E-state index in [2.05, 4.69) is 50.5 Å². The van der Waals surface area contributed by atoms with E-state index in [1.807, 2.05) is 18.2 Å². The second kappa shape index (κ2) is 8.70. The van der Waals surface area contributed by atoms with Crippen LogP contribution in [0.5, 0.6) is 0 Å². The molecule has 0 unspecified atom stereocenters. The van der Waals surface area contributed by atoms with Crippen molar-refractivity contribution in [2.24, 2.45) is 0 Å². The fraction of sp³-hybridized carbons (Fsp3) is 0.286. The molecule has 3 aromatic rings. The number of morpholine rings is 1. The minimum absolute atomic E-state index is 0.0204. The summed E-state index contributed by atoms with van der Waals surface area (Å²) in [5.74, 6) is 1.26. The molecule has 1 aliphatic heterocycles. The van der Waals surface area contributed by atoms with Crippen LogP contribution in [0, 0.1) is 0 Å². The van der Waals surface area contributed by atoms with Crippen molar-refractivity contribution in [3.8, 4) is 0 Å². The van der Waals surface area contributed by atoms with E-state index in [-0.39, 0.29) is 6.10 Å². The molecule has 0 radical (unpaired) electrons. The molecule has 0 aliphatic carbocycles. The lowest BCUT2D eigenvalue weighted by Gasteiger charge is -2.32. The Balaban J connectivity index is 1.38. The molecule has 0 amide bonds. The van der Waals surface area contributed by atoms with E-state index >= 15 is 0 Å². The first-order valence-corrected chi connectivity index (χ1v) is 9.26. The summed E-state index contributed by atoms with van der Waals surface area (Å²) in [7, 11) is 0. The van der Waals surface area contributed by atoms with Crippen molar-refractivity contribution in [2.45, 2.75) is 12.5 Å². The van der Waals surface area contributed by atoms with Gasteiger partial charge in [0.2, 0.25) is 5.95 Å². The van der Waals surface area contributed by atoms with Crippen LogP contribution in [-0.2, 0) is 11.2 Å². The summed E-state index contributed by atoms with van der Waals surface area (Å²) in [4.78, 5) is 15.5. The van der Waals surface area contributed by atoms with Crippen LogP contribution >= 0.6 is 0 Å². The quantitative estimate of drug-likeness (QED) is 0.727. The molecule has 6 heteroatoms. The van der Waals surface area contributed by atoms with Gasteiger partial charge in [-0.3, -0.25) is 4.90 Å². The van der Waals surface area contributed by atoms with Gasteiger partial charge in [-0.15, -0.1) is 0 Å². The van der Waals surface area contributed by atoms with E-state index in [1.165, 1.54) is 5.56 Å². The van der Waals surface area contributed by atoms with Crippen LogP contribution in [-0.4, -0.2) is 46.1 Å². The Morgan fingerprint density at radius 1 is 1.00 bits per heavy atom. The van der Waals surface area contributed by atoms with E-state index in [9.17, 15) is 0 Å². The molecule has 27 heavy (non-hydrogen) atoms. The predicted molar refractivity (Wildman–Crippen MR) is 105 cm³/mol. The molecule has 2 aromatic heterocycles. The van der Waals surface area contributed by atoms with Gasteiger partial charge in [-0.2, -0.15) is 0 Å². The summed E-state index contributed by atoms with van der Waals surface area (Å²) in [6.07, 6.45) is 4.43. The molecule has 1 saturated heterocycles. The lowest BCUT2D eigenvalue weighted by molar-refractivity contribution is -0.0315. The molecule has 1 N–H and O–H groups in total. The number of aromatic nitrogens is 3. The number of pyridine rings is 1. The van der Waals surface area contributed by atoms with Crippen LogP contribution in [0.3, 0.4) is 0 Å². The highest BCUT2D eigenvalue weighted by atomic mass is 16.5. The molecule has 138 valence electrons. The van der Waals surface area contributed by atoms with Crippen molar-refractivity contribution in [1.82, 2.24) is 19.9 Å². The average molecular weight is 361 g/mol. The van der Waals surface area contributed by atoms with E-state index in [1.54, 1.807) is 18.5 Å². The fourth-order valence-corrected chi connectivity index (χ4v) is 3.20. The number of anilines is 2. The number of hydrogen-bond donors (Lipinski definition) is 1. The Labute approximate surface area is 159 Å². The molecular formula is C21H23N5O. The average Bonchev–Trinajstić information content (AvgIpc) is 2.74. The first-order chi connectivity index (χ1) is 13.4. The van der Waals surface area contributed by atoms with Gasteiger partial charge in [0.1, 0.15) is 11.9 Å². The Morgan fingerprint density at radius 2 is 1.85 bits per heavy atom. The van der Waals surface area contributed by atoms with Crippen molar-refractivity contribution in [1.29, 1.82) is 0 Å². The van der Waals surface area contributed by atoms with Gasteiger partial charge >= 0.3 is 0 Å². The Bertz CT molecular complexity index is 843. The zero-order valence-corrected chi connectivity index (χ0v) is 15.2. The molecule has 4 rings (SSSR count). The second-order valence-corrected chi connectivity index (χ2v) is 6.54. The number of nitrogens with zero attached hydrogens (tertiary/aromatic N) is 4. The summed E-state index contributed by atoms with van der Waals surface area (Å²) in [5.41, 5.74) is 2.30. The van der Waals surface area contributed by atoms with Crippen LogP contribution in [0.25, 0.3) is 0 Å². The van der Waals surface area contributed by atoms with Crippen molar-refractivity contribution in [2.75, 3.05) is 31.6 Å². The van der Waals surface area contributed by atoms with Crippen molar-refractivity contribution < 1.29 is 4.74 Å². The summed E-state index contributed by atoms with van der Waals surface area (Å²) in [5, 5.41) is 3.14. The molecule has 1 fully saturated rings. The molecule has 1 aliphatic rings. The summed E-state index contributed by atoms with van der Waals surface area (Å²) < 4.78 is 5.99. The fourth-order valence-electron chi connectivity index (χ4n) is 3.20. The van der Waals surface area contributed by atoms with E-state index in [0.717, 1.165) is 44.2 Å². The first-order valence-electron chi connectivity index (χ1n) is 9.26. The monoisotopic (exact) mass is 361 g/mol. The molecule has 6 nitrogen and oxygen atoms in total. The van der Waals surface area contributed by atoms with Crippen LogP contribution in [0.4, 0.5) is 11.8 Å². The van der Waals surface area contributed by atoms with Crippen LogP contribution in [0.2, 0.25) is 0 Å². The van der Waals surface area contributed by atoms with Gasteiger partial charge < -0.3 is 10.1 Å². The number of rotatable bonds is 6. The highest BCUT2D eigenvalue weighted by Crippen LogP contribution is 2.22. The summed E-state index contributed by atoms with van der Waals surface area (Å²) in [6, 6.07) is 18.3. The molecule has 0 bridgehead atoms. The minimum Gasteiger partial charge on any atom is -0.369 e. The van der Waals surface area contributed by atoms with Crippen LogP contribution in [0.1, 0.15) is 17.4 Å². The zero-order valence-electron chi connectivity index (χ0n) is 15.2. The molecule has 1 atom stereocenters. The molecule has 3 heterocycles. The topological polar surface area (TPSA) is 63.2 Å². The summed E-state index contributed by atoms with van der Waals surface area (Å²) in [6.45, 7) is 3.56. The standard InChI is InChI=1S/C21H23N5O/c1-2-6-17(7-3-1)10-13-26-14-15-27-19(16-26)18-8-4-9-20(24-18)25-21-22-11-5-12-23-21/h1-9,11-12,19H,10,13-16H2,(H,22,23,24,25)/t19-/m0/s1. The lowest BCUT2D eigenvalue weighted by Crippen LogP contribution is -2.39. The van der Waals surface area contributed by atoms with Gasteiger partial charge in [0, 0.05) is 32.0 Å². The number of ether oxygens (including phenoxy) is 1. The highest BCUT2D eigenvalue weighted by Gasteiger charge is 2.23. The third-order valence-electron chi connectivity index (χ3n) is 4.62. The van der Waals surface area contributed by atoms with Crippen LogP contribution in [0.15, 0.2) is 67.0 Å². The Hall–Kier alpha value is -2.83. The van der Waals surface area contributed by atoms with E-state index < -0.39 is 0 Å². The Morgan fingerprint density at radius 3 is 2.70 bits per heavy atom. The Kier molecular flexibility index (Phi) is 5.67. The van der Waals surface area contributed by atoms with Gasteiger partial charge in [-0.1, -0.05) is 36.4 Å². The molecule has 0 spiro atoms. The van der Waals surface area contributed by atoms with Gasteiger partial charge in [-0.05, 0) is 30.2 Å². The smallest absolute Gasteiger partial charge is 0.228 e. The van der Waals surface area contributed by atoms with Gasteiger partial charge in [0.25, 0.3) is 0 Å². The highest BCUT2D eigenvalue weighted by molar-refractivity contribution is 5.47. The van der Waals surface area contributed by atoms with Gasteiger partial charge in [0.15, 0.2) is 0 Å². The predicted octanol–water partition coefficient (Wildman–Crippen LogP) is 3.23.